The van der Waals surface area contributed by atoms with Crippen molar-refractivity contribution < 1.29 is 44.6 Å². The van der Waals surface area contributed by atoms with E-state index in [2.05, 4.69) is 0 Å². The summed E-state index contributed by atoms with van der Waals surface area (Å²) < 4.78 is 120. The molecule has 2 nitrogen and oxygen atoms in total. The number of benzene rings is 2. The van der Waals surface area contributed by atoms with Crippen molar-refractivity contribution >= 4 is 34.1 Å². The number of nitrogens with zero attached hydrogens (tertiary/aromatic N) is 1. The van der Waals surface area contributed by atoms with Crippen molar-refractivity contribution in [2.75, 3.05) is 0 Å². The molecular weight excluding hydrogens is 488 g/mol. The lowest BCUT2D eigenvalue weighted by Gasteiger charge is -2.32. The number of aromatic nitrogens is 1. The number of rotatable bonds is 2. The third kappa shape index (κ3) is 3.72. The monoisotopic (exact) mass is 495 g/mol. The van der Waals surface area contributed by atoms with Crippen LogP contribution in [0, 0.1) is 0 Å². The molecule has 168 valence electrons. The molecule has 0 atom stereocenters. The van der Waals surface area contributed by atoms with Crippen LogP contribution in [-0.4, -0.2) is 22.0 Å². The highest BCUT2D eigenvalue weighted by Gasteiger charge is 2.72. The summed E-state index contributed by atoms with van der Waals surface area (Å²) in [6.45, 7) is 0. The molecule has 1 heterocycles. The number of halogens is 11. The maximum absolute atomic E-state index is 13.4. The molecule has 0 radical (unpaired) electrons. The molecule has 0 amide bonds. The molecule has 0 saturated heterocycles. The van der Waals surface area contributed by atoms with E-state index in [1.165, 1.54) is 6.07 Å². The third-order valence-corrected chi connectivity index (χ3v) is 5.08. The SMILES string of the molecule is OC(c1cn(-c2c(Cl)cc(C(F)(F)F)cc2Cl)c2ccccc12)(C(F)(F)F)C(F)(F)F. The Bertz CT molecular complexity index is 1110. The van der Waals surface area contributed by atoms with Crippen LogP contribution in [0.1, 0.15) is 11.1 Å². The van der Waals surface area contributed by atoms with Gasteiger partial charge in [0, 0.05) is 17.1 Å². The van der Waals surface area contributed by atoms with Crippen LogP contribution >= 0.6 is 23.2 Å². The fourth-order valence-electron chi connectivity index (χ4n) is 3.08. The zero-order valence-electron chi connectivity index (χ0n) is 14.6. The maximum atomic E-state index is 13.4. The number of alkyl halides is 9. The van der Waals surface area contributed by atoms with E-state index in [1.807, 2.05) is 0 Å². The minimum atomic E-state index is -6.17. The molecule has 2 aromatic carbocycles. The maximum Gasteiger partial charge on any atom is 0.430 e. The normalized spacial score (nSPS) is 13.8. The van der Waals surface area contributed by atoms with Gasteiger partial charge in [-0.1, -0.05) is 41.4 Å². The fraction of sp³-hybridized carbons (Fsp3) is 0.222. The summed E-state index contributed by atoms with van der Waals surface area (Å²) in [4.78, 5) is 0. The summed E-state index contributed by atoms with van der Waals surface area (Å²) in [5.74, 6) is 0. The smallest absolute Gasteiger partial charge is 0.369 e. The number of aliphatic hydroxyl groups is 1. The fourth-order valence-corrected chi connectivity index (χ4v) is 3.75. The van der Waals surface area contributed by atoms with Gasteiger partial charge in [0.05, 0.1) is 26.8 Å². The van der Waals surface area contributed by atoms with Gasteiger partial charge in [0.1, 0.15) is 0 Å². The molecule has 1 N–H and O–H groups in total. The first-order chi connectivity index (χ1) is 14.0. The van der Waals surface area contributed by atoms with E-state index in [0.717, 1.165) is 18.2 Å². The van der Waals surface area contributed by atoms with Crippen LogP contribution in [0.5, 0.6) is 0 Å². The van der Waals surface area contributed by atoms with E-state index < -0.39 is 56.4 Å². The predicted octanol–water partition coefficient (Wildman–Crippen LogP) is 7.27. The first kappa shape index (κ1) is 23.6. The molecular formula is C18H8Cl2F9NO. The molecule has 0 saturated carbocycles. The van der Waals surface area contributed by atoms with Gasteiger partial charge in [-0.25, -0.2) is 0 Å². The van der Waals surface area contributed by atoms with Crippen LogP contribution in [-0.2, 0) is 11.8 Å². The summed E-state index contributed by atoms with van der Waals surface area (Å²) in [6.07, 6.45) is -16.9. The predicted molar refractivity (Wildman–Crippen MR) is 94.3 cm³/mol. The Kier molecular flexibility index (Phi) is 5.48. The molecule has 1 aromatic heterocycles. The van der Waals surface area contributed by atoms with E-state index in [-0.39, 0.29) is 5.52 Å². The molecule has 0 aliphatic heterocycles. The van der Waals surface area contributed by atoms with Gasteiger partial charge in [-0.2, -0.15) is 39.5 Å². The lowest BCUT2D eigenvalue weighted by Crippen LogP contribution is -2.53. The van der Waals surface area contributed by atoms with Crippen LogP contribution in [0.4, 0.5) is 39.5 Å². The highest BCUT2D eigenvalue weighted by molar-refractivity contribution is 6.38. The summed E-state index contributed by atoms with van der Waals surface area (Å²) in [6, 6.07) is 5.22. The average molecular weight is 496 g/mol. The highest BCUT2D eigenvalue weighted by atomic mass is 35.5. The van der Waals surface area contributed by atoms with Crippen LogP contribution in [0.15, 0.2) is 42.6 Å². The molecule has 0 unspecified atom stereocenters. The lowest BCUT2D eigenvalue weighted by molar-refractivity contribution is -0.375. The van der Waals surface area contributed by atoms with Gasteiger partial charge in [0.15, 0.2) is 0 Å². The van der Waals surface area contributed by atoms with Crippen LogP contribution in [0.3, 0.4) is 0 Å². The van der Waals surface area contributed by atoms with Crippen molar-refractivity contribution in [3.63, 3.8) is 0 Å². The van der Waals surface area contributed by atoms with E-state index in [0.29, 0.717) is 22.9 Å². The van der Waals surface area contributed by atoms with Gasteiger partial charge in [-0.3, -0.25) is 0 Å². The number of fused-ring (bicyclic) bond motifs is 1. The molecule has 0 spiro atoms. The number of hydrogen-bond donors (Lipinski definition) is 1. The van der Waals surface area contributed by atoms with Crippen molar-refractivity contribution in [1.82, 2.24) is 4.57 Å². The van der Waals surface area contributed by atoms with Crippen molar-refractivity contribution in [1.29, 1.82) is 0 Å². The summed E-state index contributed by atoms with van der Waals surface area (Å²) in [5, 5.41) is 7.79. The first-order valence-electron chi connectivity index (χ1n) is 8.03. The molecule has 3 rings (SSSR count). The minimum absolute atomic E-state index is 0.298. The largest absolute Gasteiger partial charge is 0.430 e. The van der Waals surface area contributed by atoms with Gasteiger partial charge in [-0.05, 0) is 18.2 Å². The standard InChI is InChI=1S/C18H8Cl2F9NO/c19-11-5-8(16(21,22)23)6-12(20)14(11)30-7-10(9-3-1-2-4-13(9)30)15(31,17(24,25)26)18(27,28)29/h1-7,31H. The van der Waals surface area contributed by atoms with Crippen molar-refractivity contribution in [2.45, 2.75) is 24.1 Å². The number of hydrogen-bond acceptors (Lipinski definition) is 1. The van der Waals surface area contributed by atoms with Crippen molar-refractivity contribution in [3.05, 3.63) is 63.8 Å². The van der Waals surface area contributed by atoms with E-state index in [1.54, 1.807) is 0 Å². The van der Waals surface area contributed by atoms with E-state index in [4.69, 9.17) is 23.2 Å². The molecule has 31 heavy (non-hydrogen) atoms. The molecule has 0 fully saturated rings. The second kappa shape index (κ2) is 7.21. The molecule has 13 heteroatoms. The quantitative estimate of drug-likeness (QED) is 0.371. The molecule has 0 aliphatic carbocycles. The van der Waals surface area contributed by atoms with Gasteiger partial charge in [-0.15, -0.1) is 0 Å². The van der Waals surface area contributed by atoms with Gasteiger partial charge < -0.3 is 9.67 Å². The highest BCUT2D eigenvalue weighted by Crippen LogP contribution is 2.52. The van der Waals surface area contributed by atoms with Gasteiger partial charge in [0.2, 0.25) is 0 Å². The van der Waals surface area contributed by atoms with Crippen LogP contribution in [0.2, 0.25) is 10.0 Å². The molecule has 0 bridgehead atoms. The Morgan fingerprint density at radius 3 is 1.71 bits per heavy atom. The van der Waals surface area contributed by atoms with Gasteiger partial charge in [0.25, 0.3) is 5.60 Å². The molecule has 3 aromatic rings. The first-order valence-corrected chi connectivity index (χ1v) is 8.78. The zero-order valence-corrected chi connectivity index (χ0v) is 16.1. The Balaban J connectivity index is 2.40. The number of para-hydroxylation sites is 1. The summed E-state index contributed by atoms with van der Waals surface area (Å²) >= 11 is 11.7. The molecule has 0 aliphatic rings. The van der Waals surface area contributed by atoms with Crippen LogP contribution < -0.4 is 0 Å². The zero-order chi connectivity index (χ0) is 23.6. The summed E-state index contributed by atoms with van der Waals surface area (Å²) in [5.41, 5.74) is -8.94. The second-order valence-corrected chi connectivity index (χ2v) is 7.24. The van der Waals surface area contributed by atoms with Crippen molar-refractivity contribution in [3.8, 4) is 5.69 Å². The van der Waals surface area contributed by atoms with E-state index in [9.17, 15) is 44.6 Å². The average Bonchev–Trinajstić information content (AvgIpc) is 2.97. The Hall–Kier alpha value is -2.11. The second-order valence-electron chi connectivity index (χ2n) is 6.42. The van der Waals surface area contributed by atoms with Crippen LogP contribution in [0.25, 0.3) is 16.6 Å². The van der Waals surface area contributed by atoms with Crippen molar-refractivity contribution in [2.24, 2.45) is 0 Å². The lowest BCUT2D eigenvalue weighted by atomic mass is 9.92. The van der Waals surface area contributed by atoms with E-state index >= 15 is 0 Å². The topological polar surface area (TPSA) is 25.2 Å². The third-order valence-electron chi connectivity index (χ3n) is 4.51. The minimum Gasteiger partial charge on any atom is -0.369 e. The summed E-state index contributed by atoms with van der Waals surface area (Å²) in [7, 11) is 0. The van der Waals surface area contributed by atoms with Gasteiger partial charge >= 0.3 is 18.5 Å². The Morgan fingerprint density at radius 1 is 0.774 bits per heavy atom. The Morgan fingerprint density at radius 2 is 1.26 bits per heavy atom. The Labute approximate surface area is 177 Å².